The van der Waals surface area contributed by atoms with Crippen molar-refractivity contribution < 1.29 is 0 Å². The van der Waals surface area contributed by atoms with Crippen LogP contribution in [0.3, 0.4) is 0 Å². The third-order valence-corrected chi connectivity index (χ3v) is 2.15. The van der Waals surface area contributed by atoms with Crippen molar-refractivity contribution in [2.24, 2.45) is 0 Å². The van der Waals surface area contributed by atoms with E-state index in [1.54, 1.807) is 4.68 Å². The minimum Gasteiger partial charge on any atom is -0.399 e. The molecule has 1 heterocycles. The molecule has 72 valence electrons. The van der Waals surface area contributed by atoms with E-state index in [-0.39, 0.29) is 0 Å². The molecule has 2 aromatic rings. The topological polar surface area (TPSA) is 72.5 Å². The Kier molecular flexibility index (Phi) is 2.28. The highest BCUT2D eigenvalue weighted by Gasteiger charge is 1.97. The van der Waals surface area contributed by atoms with Gasteiger partial charge in [-0.25, -0.2) is 4.68 Å². The predicted molar refractivity (Wildman–Crippen MR) is 55.2 cm³/mol. The van der Waals surface area contributed by atoms with Gasteiger partial charge in [0.05, 0.1) is 6.54 Å². The Hall–Kier alpha value is -1.69. The summed E-state index contributed by atoms with van der Waals surface area (Å²) in [5.74, 6) is 0. The molecule has 0 fully saturated rings. The van der Waals surface area contributed by atoms with Crippen LogP contribution in [0.5, 0.6) is 0 Å². The summed E-state index contributed by atoms with van der Waals surface area (Å²) in [5, 5.41) is 9.96. The molecule has 1 aromatic carbocycles. The van der Waals surface area contributed by atoms with Gasteiger partial charge in [0.1, 0.15) is 0 Å². The highest BCUT2D eigenvalue weighted by molar-refractivity contribution is 7.71. The highest BCUT2D eigenvalue weighted by atomic mass is 32.1. The number of aromatic amines is 1. The molecule has 0 aliphatic rings. The molecule has 0 aliphatic carbocycles. The Morgan fingerprint density at radius 3 is 2.64 bits per heavy atom. The number of nitrogens with two attached hydrogens (primary N) is 1. The second kappa shape index (κ2) is 3.59. The van der Waals surface area contributed by atoms with Gasteiger partial charge in [0.15, 0.2) is 0 Å². The van der Waals surface area contributed by atoms with E-state index in [9.17, 15) is 0 Å². The normalized spacial score (nSPS) is 10.3. The van der Waals surface area contributed by atoms with Crippen LogP contribution in [-0.4, -0.2) is 20.2 Å². The van der Waals surface area contributed by atoms with Gasteiger partial charge in [-0.15, -0.1) is 0 Å². The molecule has 0 unspecified atom stereocenters. The Labute approximate surface area is 85.5 Å². The summed E-state index contributed by atoms with van der Waals surface area (Å²) in [6.07, 6.45) is 0. The Balaban J connectivity index is 2.23. The van der Waals surface area contributed by atoms with Crippen molar-refractivity contribution >= 4 is 17.9 Å². The van der Waals surface area contributed by atoms with Crippen LogP contribution in [0.2, 0.25) is 0 Å². The lowest BCUT2D eigenvalue weighted by Gasteiger charge is -2.01. The minimum absolute atomic E-state index is 0.446. The van der Waals surface area contributed by atoms with Gasteiger partial charge < -0.3 is 5.73 Å². The van der Waals surface area contributed by atoms with Crippen LogP contribution in [0, 0.1) is 4.77 Å². The molecule has 1 aromatic heterocycles. The van der Waals surface area contributed by atoms with Crippen LogP contribution in [0.4, 0.5) is 5.69 Å². The highest BCUT2D eigenvalue weighted by Crippen LogP contribution is 2.06. The fourth-order valence-electron chi connectivity index (χ4n) is 1.12. The monoisotopic (exact) mass is 207 g/mol. The first-order valence-electron chi connectivity index (χ1n) is 4.08. The number of nitrogen functional groups attached to an aromatic ring is 1. The van der Waals surface area contributed by atoms with Crippen LogP contribution in [0.25, 0.3) is 0 Å². The number of rotatable bonds is 2. The molecule has 2 rings (SSSR count). The van der Waals surface area contributed by atoms with Crippen LogP contribution in [0.1, 0.15) is 5.56 Å². The summed E-state index contributed by atoms with van der Waals surface area (Å²) >= 11 is 4.94. The lowest BCUT2D eigenvalue weighted by molar-refractivity contribution is 0.642. The summed E-state index contributed by atoms with van der Waals surface area (Å²) in [5.41, 5.74) is 7.42. The number of benzene rings is 1. The zero-order valence-electron chi connectivity index (χ0n) is 7.34. The van der Waals surface area contributed by atoms with Gasteiger partial charge in [0.2, 0.25) is 4.77 Å². The van der Waals surface area contributed by atoms with Crippen LogP contribution in [0.15, 0.2) is 24.3 Å². The number of anilines is 1. The third kappa shape index (κ3) is 1.80. The summed E-state index contributed by atoms with van der Waals surface area (Å²) in [7, 11) is 0. The summed E-state index contributed by atoms with van der Waals surface area (Å²) in [6.45, 7) is 0.631. The Morgan fingerprint density at radius 2 is 2.07 bits per heavy atom. The number of nitrogens with one attached hydrogen (secondary N) is 1. The molecule has 6 heteroatoms. The van der Waals surface area contributed by atoms with E-state index < -0.39 is 0 Å². The average Bonchev–Trinajstić information content (AvgIpc) is 2.56. The number of nitrogens with zero attached hydrogens (tertiary/aromatic N) is 3. The van der Waals surface area contributed by atoms with Crippen molar-refractivity contribution in [1.29, 1.82) is 0 Å². The Morgan fingerprint density at radius 1 is 1.36 bits per heavy atom. The maximum atomic E-state index is 5.57. The molecule has 0 aliphatic heterocycles. The van der Waals surface area contributed by atoms with Crippen molar-refractivity contribution in [1.82, 2.24) is 20.2 Å². The second-order valence-corrected chi connectivity index (χ2v) is 3.28. The van der Waals surface area contributed by atoms with Crippen molar-refractivity contribution in [3.63, 3.8) is 0 Å². The molecular weight excluding hydrogens is 198 g/mol. The van der Waals surface area contributed by atoms with Gasteiger partial charge in [-0.2, -0.15) is 5.21 Å². The van der Waals surface area contributed by atoms with E-state index >= 15 is 0 Å². The van der Waals surface area contributed by atoms with Crippen molar-refractivity contribution in [3.05, 3.63) is 34.6 Å². The summed E-state index contributed by atoms with van der Waals surface area (Å²) in [6, 6.07) is 7.58. The molecule has 0 saturated carbocycles. The van der Waals surface area contributed by atoms with Gasteiger partial charge >= 0.3 is 0 Å². The molecule has 5 nitrogen and oxygen atoms in total. The maximum Gasteiger partial charge on any atom is 0.238 e. The van der Waals surface area contributed by atoms with Crippen molar-refractivity contribution in [3.8, 4) is 0 Å². The molecule has 0 spiro atoms. The molecule has 14 heavy (non-hydrogen) atoms. The minimum atomic E-state index is 0.446. The van der Waals surface area contributed by atoms with Gasteiger partial charge in [-0.3, -0.25) is 0 Å². The fraction of sp³-hybridized carbons (Fsp3) is 0.125. The predicted octanol–water partition coefficient (Wildman–Crippen LogP) is 0.966. The molecule has 0 amide bonds. The summed E-state index contributed by atoms with van der Waals surface area (Å²) < 4.78 is 2.13. The largest absolute Gasteiger partial charge is 0.399 e. The zero-order valence-corrected chi connectivity index (χ0v) is 8.16. The van der Waals surface area contributed by atoms with E-state index in [2.05, 4.69) is 15.5 Å². The molecular formula is C8H9N5S. The fourth-order valence-corrected chi connectivity index (χ4v) is 1.27. The molecule has 0 radical (unpaired) electrons. The molecule has 0 saturated heterocycles. The molecule has 3 N–H and O–H groups in total. The van der Waals surface area contributed by atoms with Crippen molar-refractivity contribution in [2.45, 2.75) is 6.54 Å². The van der Waals surface area contributed by atoms with Crippen LogP contribution >= 0.6 is 12.2 Å². The number of H-pyrrole nitrogens is 1. The van der Waals surface area contributed by atoms with E-state index in [4.69, 9.17) is 18.0 Å². The van der Waals surface area contributed by atoms with E-state index in [1.807, 2.05) is 24.3 Å². The van der Waals surface area contributed by atoms with Gasteiger partial charge in [0, 0.05) is 5.69 Å². The first-order chi connectivity index (χ1) is 6.75. The number of hydrogen-bond acceptors (Lipinski definition) is 4. The van der Waals surface area contributed by atoms with Crippen molar-refractivity contribution in [2.75, 3.05) is 5.73 Å². The first kappa shape index (κ1) is 8.89. The van der Waals surface area contributed by atoms with E-state index in [1.165, 1.54) is 0 Å². The lowest BCUT2D eigenvalue weighted by Crippen LogP contribution is -2.02. The third-order valence-electron chi connectivity index (χ3n) is 1.85. The number of tetrazole rings is 1. The smallest absolute Gasteiger partial charge is 0.238 e. The quantitative estimate of drug-likeness (QED) is 0.568. The molecule has 0 bridgehead atoms. The summed E-state index contributed by atoms with van der Waals surface area (Å²) in [4.78, 5) is 0. The van der Waals surface area contributed by atoms with Gasteiger partial charge in [-0.05, 0) is 29.9 Å². The maximum absolute atomic E-state index is 5.57. The molecule has 0 atom stereocenters. The first-order valence-corrected chi connectivity index (χ1v) is 4.49. The second-order valence-electron chi connectivity index (χ2n) is 2.91. The lowest BCUT2D eigenvalue weighted by atomic mass is 10.2. The SMILES string of the molecule is Nc1ccc(Cn2[nH]nnc2=S)cc1. The van der Waals surface area contributed by atoms with Crippen LogP contribution in [-0.2, 0) is 6.54 Å². The van der Waals surface area contributed by atoms with Gasteiger partial charge in [0.25, 0.3) is 0 Å². The average molecular weight is 207 g/mol. The van der Waals surface area contributed by atoms with E-state index in [0.717, 1.165) is 11.3 Å². The Bertz CT molecular complexity index is 469. The van der Waals surface area contributed by atoms with E-state index in [0.29, 0.717) is 11.3 Å². The number of aromatic nitrogens is 4. The van der Waals surface area contributed by atoms with Gasteiger partial charge in [-0.1, -0.05) is 22.4 Å². The number of hydrogen-bond donors (Lipinski definition) is 2. The standard InChI is InChI=1S/C8H9N5S/c9-7-3-1-6(2-4-7)5-13-8(14)10-11-12-13/h1-4H,5,9H2,(H,10,12,14). The van der Waals surface area contributed by atoms with Crippen LogP contribution < -0.4 is 5.73 Å². The zero-order chi connectivity index (χ0) is 9.97.